The second-order valence-electron chi connectivity index (χ2n) is 6.75. The van der Waals surface area contributed by atoms with Crippen LogP contribution in [0.15, 0.2) is 24.3 Å². The van der Waals surface area contributed by atoms with Gasteiger partial charge in [-0.1, -0.05) is 12.8 Å². The molecule has 2 heterocycles. The molecule has 2 aliphatic heterocycles. The average molecular weight is 362 g/mol. The summed E-state index contributed by atoms with van der Waals surface area (Å²) in [6.45, 7) is 3.32. The fourth-order valence-corrected chi connectivity index (χ4v) is 3.54. The number of thiocarbonyl (C=S) groups is 1. The molecule has 136 valence electrons. The number of carbonyl (C=O) groups excluding carboxylic acids is 1. The van der Waals surface area contributed by atoms with Gasteiger partial charge in [-0.3, -0.25) is 4.79 Å². The molecule has 2 N–H and O–H groups in total. The Balaban J connectivity index is 1.49. The van der Waals surface area contributed by atoms with E-state index in [1.165, 1.54) is 12.8 Å². The van der Waals surface area contributed by atoms with Crippen LogP contribution in [0.2, 0.25) is 0 Å². The van der Waals surface area contributed by atoms with Gasteiger partial charge in [0.05, 0.1) is 6.10 Å². The van der Waals surface area contributed by atoms with Crippen LogP contribution in [0.5, 0.6) is 0 Å². The highest BCUT2D eigenvalue weighted by Crippen LogP contribution is 2.16. The number of carbonyl (C=O) groups is 1. The second-order valence-corrected chi connectivity index (χ2v) is 7.16. The van der Waals surface area contributed by atoms with Gasteiger partial charge in [-0.05, 0) is 62.2 Å². The third-order valence-corrected chi connectivity index (χ3v) is 5.04. The zero-order chi connectivity index (χ0) is 17.5. The van der Waals surface area contributed by atoms with E-state index in [4.69, 9.17) is 17.0 Å². The van der Waals surface area contributed by atoms with Crippen LogP contribution in [0.4, 0.5) is 5.69 Å². The van der Waals surface area contributed by atoms with Crippen molar-refractivity contribution < 1.29 is 9.53 Å². The quantitative estimate of drug-likeness (QED) is 0.807. The minimum absolute atomic E-state index is 0.132. The van der Waals surface area contributed by atoms with Crippen molar-refractivity contribution in [3.63, 3.8) is 0 Å². The van der Waals surface area contributed by atoms with Crippen LogP contribution in [-0.2, 0) is 4.74 Å². The zero-order valence-electron chi connectivity index (χ0n) is 14.6. The van der Waals surface area contributed by atoms with Crippen molar-refractivity contribution in [2.45, 2.75) is 44.6 Å². The average Bonchev–Trinajstić information content (AvgIpc) is 3.00. The number of anilines is 1. The summed E-state index contributed by atoms with van der Waals surface area (Å²) in [6.07, 6.45) is 7.13. The number of amides is 1. The molecule has 1 aromatic rings. The van der Waals surface area contributed by atoms with Crippen LogP contribution in [0, 0.1) is 0 Å². The van der Waals surface area contributed by atoms with Gasteiger partial charge >= 0.3 is 0 Å². The molecule has 5 nitrogen and oxygen atoms in total. The SMILES string of the molecule is O=C(c1ccc(NC(=S)NC[C@H]2CCCO2)cc1)N1CCCCCC1. The summed E-state index contributed by atoms with van der Waals surface area (Å²) in [5.74, 6) is 0.132. The van der Waals surface area contributed by atoms with Crippen LogP contribution in [0.25, 0.3) is 0 Å². The second kappa shape index (κ2) is 9.15. The number of likely N-dealkylation sites (tertiary alicyclic amines) is 1. The fourth-order valence-electron chi connectivity index (χ4n) is 3.34. The number of nitrogens with one attached hydrogen (secondary N) is 2. The smallest absolute Gasteiger partial charge is 0.253 e. The maximum absolute atomic E-state index is 12.6. The number of ether oxygens (including phenoxy) is 1. The van der Waals surface area contributed by atoms with Crippen molar-refractivity contribution in [2.24, 2.45) is 0 Å². The van der Waals surface area contributed by atoms with Crippen LogP contribution in [0.3, 0.4) is 0 Å². The summed E-state index contributed by atoms with van der Waals surface area (Å²) in [6, 6.07) is 7.56. The largest absolute Gasteiger partial charge is 0.376 e. The number of rotatable bonds is 4. The monoisotopic (exact) mass is 361 g/mol. The lowest BCUT2D eigenvalue weighted by molar-refractivity contribution is 0.0761. The molecule has 1 amide bonds. The van der Waals surface area contributed by atoms with E-state index in [1.807, 2.05) is 29.2 Å². The van der Waals surface area contributed by atoms with Gasteiger partial charge in [0.25, 0.3) is 5.91 Å². The van der Waals surface area contributed by atoms with E-state index in [1.54, 1.807) is 0 Å². The maximum Gasteiger partial charge on any atom is 0.253 e. The zero-order valence-corrected chi connectivity index (χ0v) is 15.4. The standard InChI is InChI=1S/C19H27N3O2S/c23-18(22-11-3-1-2-4-12-22)15-7-9-16(10-8-15)21-19(25)20-14-17-6-5-13-24-17/h7-10,17H,1-6,11-14H2,(H2,20,21,25)/t17-/m1/s1. The van der Waals surface area contributed by atoms with Gasteiger partial charge in [0.1, 0.15) is 0 Å². The van der Waals surface area contributed by atoms with Crippen molar-refractivity contribution in [3.8, 4) is 0 Å². The normalized spacial score (nSPS) is 20.8. The molecule has 2 fully saturated rings. The lowest BCUT2D eigenvalue weighted by atomic mass is 10.1. The predicted molar refractivity (Wildman–Crippen MR) is 104 cm³/mol. The Labute approximate surface area is 155 Å². The molecule has 0 aliphatic carbocycles. The molecular weight excluding hydrogens is 334 g/mol. The Morgan fingerprint density at radius 3 is 2.48 bits per heavy atom. The van der Waals surface area contributed by atoms with Crippen molar-refractivity contribution in [2.75, 3.05) is 31.6 Å². The number of hydrogen-bond donors (Lipinski definition) is 2. The summed E-state index contributed by atoms with van der Waals surface area (Å²) in [5, 5.41) is 6.94. The molecule has 6 heteroatoms. The predicted octanol–water partition coefficient (Wildman–Crippen LogP) is 3.17. The first-order chi connectivity index (χ1) is 12.2. The first kappa shape index (κ1) is 18.1. The summed E-state index contributed by atoms with van der Waals surface area (Å²) in [4.78, 5) is 14.6. The van der Waals surface area contributed by atoms with Gasteiger partial charge in [-0.15, -0.1) is 0 Å². The molecule has 0 spiro atoms. The minimum atomic E-state index is 0.132. The number of benzene rings is 1. The van der Waals surface area contributed by atoms with Crippen molar-refractivity contribution in [1.82, 2.24) is 10.2 Å². The molecule has 2 aliphatic rings. The van der Waals surface area contributed by atoms with Crippen molar-refractivity contribution >= 4 is 28.9 Å². The fraction of sp³-hybridized carbons (Fsp3) is 0.579. The van der Waals surface area contributed by atoms with Gasteiger partial charge < -0.3 is 20.3 Å². The first-order valence-electron chi connectivity index (χ1n) is 9.28. The van der Waals surface area contributed by atoms with E-state index in [0.29, 0.717) is 5.11 Å². The van der Waals surface area contributed by atoms with Gasteiger partial charge in [0, 0.05) is 37.5 Å². The molecule has 0 aromatic heterocycles. The molecular formula is C19H27N3O2S. The lowest BCUT2D eigenvalue weighted by Gasteiger charge is -2.20. The van der Waals surface area contributed by atoms with Crippen LogP contribution < -0.4 is 10.6 Å². The van der Waals surface area contributed by atoms with Gasteiger partial charge in [0.15, 0.2) is 5.11 Å². The molecule has 0 saturated carbocycles. The molecule has 3 rings (SSSR count). The van der Waals surface area contributed by atoms with Crippen molar-refractivity contribution in [1.29, 1.82) is 0 Å². The highest BCUT2D eigenvalue weighted by molar-refractivity contribution is 7.80. The Kier molecular flexibility index (Phi) is 6.64. The first-order valence-corrected chi connectivity index (χ1v) is 9.69. The van der Waals surface area contributed by atoms with Crippen molar-refractivity contribution in [3.05, 3.63) is 29.8 Å². The summed E-state index contributed by atoms with van der Waals surface area (Å²) in [7, 11) is 0. The van der Waals surface area contributed by atoms with E-state index in [0.717, 1.165) is 63.2 Å². The van der Waals surface area contributed by atoms with E-state index >= 15 is 0 Å². The molecule has 1 atom stereocenters. The summed E-state index contributed by atoms with van der Waals surface area (Å²) < 4.78 is 5.57. The summed E-state index contributed by atoms with van der Waals surface area (Å²) >= 11 is 5.32. The molecule has 25 heavy (non-hydrogen) atoms. The van der Waals surface area contributed by atoms with E-state index < -0.39 is 0 Å². The maximum atomic E-state index is 12.6. The van der Waals surface area contributed by atoms with Crippen LogP contribution in [0.1, 0.15) is 48.9 Å². The molecule has 1 aromatic carbocycles. The van der Waals surface area contributed by atoms with Crippen LogP contribution >= 0.6 is 12.2 Å². The van der Waals surface area contributed by atoms with Crippen LogP contribution in [-0.4, -0.2) is 48.3 Å². The van der Waals surface area contributed by atoms with E-state index in [-0.39, 0.29) is 12.0 Å². The highest BCUT2D eigenvalue weighted by atomic mass is 32.1. The van der Waals surface area contributed by atoms with E-state index in [2.05, 4.69) is 10.6 Å². The molecule has 2 saturated heterocycles. The third-order valence-electron chi connectivity index (χ3n) is 4.80. The Morgan fingerprint density at radius 2 is 1.84 bits per heavy atom. The molecule has 0 bridgehead atoms. The highest BCUT2D eigenvalue weighted by Gasteiger charge is 2.17. The minimum Gasteiger partial charge on any atom is -0.376 e. The third kappa shape index (κ3) is 5.41. The topological polar surface area (TPSA) is 53.6 Å². The molecule has 0 unspecified atom stereocenters. The van der Waals surface area contributed by atoms with Gasteiger partial charge in [0.2, 0.25) is 0 Å². The van der Waals surface area contributed by atoms with E-state index in [9.17, 15) is 4.79 Å². The Bertz CT molecular complexity index is 577. The Morgan fingerprint density at radius 1 is 1.12 bits per heavy atom. The Hall–Kier alpha value is -1.66. The number of nitrogens with zero attached hydrogens (tertiary/aromatic N) is 1. The van der Waals surface area contributed by atoms with Gasteiger partial charge in [-0.25, -0.2) is 0 Å². The number of hydrogen-bond acceptors (Lipinski definition) is 3. The summed E-state index contributed by atoms with van der Waals surface area (Å²) in [5.41, 5.74) is 1.63. The van der Waals surface area contributed by atoms with Gasteiger partial charge in [-0.2, -0.15) is 0 Å². The lowest BCUT2D eigenvalue weighted by Crippen LogP contribution is -2.34. The molecule has 0 radical (unpaired) electrons.